The van der Waals surface area contributed by atoms with E-state index in [1.54, 1.807) is 7.11 Å². The second-order valence-electron chi connectivity index (χ2n) is 5.17. The quantitative estimate of drug-likeness (QED) is 0.745. The zero-order valence-corrected chi connectivity index (χ0v) is 11.7. The monoisotopic (exact) mass is 252 g/mol. The predicted molar refractivity (Wildman–Crippen MR) is 71.5 cm³/mol. The van der Waals surface area contributed by atoms with Gasteiger partial charge < -0.3 is 14.2 Å². The Labute approximate surface area is 109 Å². The lowest BCUT2D eigenvalue weighted by Crippen LogP contribution is -2.31. The summed E-state index contributed by atoms with van der Waals surface area (Å²) in [6.07, 6.45) is 5.17. The van der Waals surface area contributed by atoms with Gasteiger partial charge in [0.25, 0.3) is 0 Å². The molecule has 0 spiro atoms. The smallest absolute Gasteiger partial charge is 0.122 e. The summed E-state index contributed by atoms with van der Waals surface area (Å²) in [5, 5.41) is 0. The summed E-state index contributed by atoms with van der Waals surface area (Å²) in [7, 11) is 6.06. The molecular formula is C13H24N4O. The second-order valence-corrected chi connectivity index (χ2v) is 5.17. The van der Waals surface area contributed by atoms with Crippen molar-refractivity contribution in [3.8, 4) is 0 Å². The largest absolute Gasteiger partial charge is 0.383 e. The fourth-order valence-electron chi connectivity index (χ4n) is 2.46. The van der Waals surface area contributed by atoms with Crippen molar-refractivity contribution in [3.05, 3.63) is 18.2 Å². The minimum Gasteiger partial charge on any atom is -0.383 e. The van der Waals surface area contributed by atoms with E-state index in [2.05, 4.69) is 33.4 Å². The zero-order chi connectivity index (χ0) is 13.0. The zero-order valence-electron chi connectivity index (χ0n) is 11.7. The molecule has 0 aromatic carbocycles. The van der Waals surface area contributed by atoms with Gasteiger partial charge in [-0.15, -0.1) is 0 Å². The van der Waals surface area contributed by atoms with E-state index < -0.39 is 0 Å². The van der Waals surface area contributed by atoms with Crippen LogP contribution >= 0.6 is 0 Å². The normalized spacial score (nSPS) is 21.0. The van der Waals surface area contributed by atoms with Gasteiger partial charge in [0.05, 0.1) is 13.2 Å². The maximum absolute atomic E-state index is 5.12. The Balaban J connectivity index is 1.88. The molecule has 0 amide bonds. The number of ether oxygens (including phenoxy) is 1. The first-order valence-corrected chi connectivity index (χ1v) is 6.58. The van der Waals surface area contributed by atoms with E-state index in [1.165, 1.54) is 13.0 Å². The van der Waals surface area contributed by atoms with Crippen LogP contribution in [0.5, 0.6) is 0 Å². The highest BCUT2D eigenvalue weighted by Crippen LogP contribution is 2.15. The van der Waals surface area contributed by atoms with E-state index in [4.69, 9.17) is 4.74 Å². The van der Waals surface area contributed by atoms with Crippen molar-refractivity contribution in [2.45, 2.75) is 25.6 Å². The molecule has 5 heteroatoms. The second kappa shape index (κ2) is 6.31. The lowest BCUT2D eigenvalue weighted by atomic mass is 10.2. The van der Waals surface area contributed by atoms with Crippen LogP contribution in [0.25, 0.3) is 0 Å². The van der Waals surface area contributed by atoms with E-state index in [9.17, 15) is 0 Å². The molecule has 2 rings (SSSR count). The summed E-state index contributed by atoms with van der Waals surface area (Å²) in [5.41, 5.74) is 0. The Morgan fingerprint density at radius 1 is 1.50 bits per heavy atom. The van der Waals surface area contributed by atoms with Gasteiger partial charge in [-0.05, 0) is 20.5 Å². The third-order valence-corrected chi connectivity index (χ3v) is 3.68. The number of likely N-dealkylation sites (tertiary alicyclic amines) is 1. The first kappa shape index (κ1) is 13.5. The summed E-state index contributed by atoms with van der Waals surface area (Å²) >= 11 is 0. The molecule has 102 valence electrons. The van der Waals surface area contributed by atoms with Crippen LogP contribution in [-0.2, 0) is 17.8 Å². The van der Waals surface area contributed by atoms with Crippen LogP contribution in [0.15, 0.2) is 12.4 Å². The van der Waals surface area contributed by atoms with Gasteiger partial charge in [0, 0.05) is 45.2 Å². The Morgan fingerprint density at radius 3 is 3.00 bits per heavy atom. The number of hydrogen-bond acceptors (Lipinski definition) is 4. The third kappa shape index (κ3) is 3.31. The van der Waals surface area contributed by atoms with Gasteiger partial charge in [0.15, 0.2) is 0 Å². The average molecular weight is 252 g/mol. The molecule has 18 heavy (non-hydrogen) atoms. The Bertz CT molecular complexity index is 364. The van der Waals surface area contributed by atoms with Crippen LogP contribution in [-0.4, -0.2) is 66.3 Å². The van der Waals surface area contributed by atoms with Gasteiger partial charge in [-0.3, -0.25) is 4.90 Å². The summed E-state index contributed by atoms with van der Waals surface area (Å²) in [4.78, 5) is 9.25. The van der Waals surface area contributed by atoms with E-state index in [1.807, 2.05) is 12.4 Å². The van der Waals surface area contributed by atoms with Crippen LogP contribution < -0.4 is 0 Å². The molecular weight excluding hydrogens is 228 g/mol. The molecule has 1 saturated heterocycles. The van der Waals surface area contributed by atoms with Gasteiger partial charge in [-0.2, -0.15) is 0 Å². The van der Waals surface area contributed by atoms with Gasteiger partial charge in [-0.25, -0.2) is 4.98 Å². The van der Waals surface area contributed by atoms with Crippen molar-refractivity contribution in [3.63, 3.8) is 0 Å². The molecule has 1 aliphatic heterocycles. The molecule has 0 unspecified atom stereocenters. The predicted octanol–water partition coefficient (Wildman–Crippen LogP) is 0.665. The fraction of sp³-hybridized carbons (Fsp3) is 0.769. The van der Waals surface area contributed by atoms with E-state index in [0.29, 0.717) is 6.04 Å². The lowest BCUT2D eigenvalue weighted by molar-refractivity contribution is 0.184. The standard InChI is InChI=1S/C13H24N4O/c1-15(2)12-4-6-16(10-12)11-13-14-5-7-17(13)8-9-18-3/h5,7,12H,4,6,8-11H2,1-3H3/t12-/m1/s1. The minimum atomic E-state index is 0.687. The molecule has 0 bridgehead atoms. The fourth-order valence-corrected chi connectivity index (χ4v) is 2.46. The van der Waals surface area contributed by atoms with Crippen LogP contribution in [0, 0.1) is 0 Å². The van der Waals surface area contributed by atoms with Crippen molar-refractivity contribution >= 4 is 0 Å². The number of methoxy groups -OCH3 is 1. The van der Waals surface area contributed by atoms with Gasteiger partial charge >= 0.3 is 0 Å². The highest BCUT2D eigenvalue weighted by atomic mass is 16.5. The molecule has 1 aliphatic rings. The maximum Gasteiger partial charge on any atom is 0.122 e. The SMILES string of the molecule is COCCn1ccnc1CN1CC[C@@H](N(C)C)C1. The number of imidazole rings is 1. The lowest BCUT2D eigenvalue weighted by Gasteiger charge is -2.20. The number of hydrogen-bond donors (Lipinski definition) is 0. The minimum absolute atomic E-state index is 0.687. The van der Waals surface area contributed by atoms with Crippen LogP contribution in [0.3, 0.4) is 0 Å². The molecule has 0 radical (unpaired) electrons. The number of likely N-dealkylation sites (N-methyl/N-ethyl adjacent to an activating group) is 1. The third-order valence-electron chi connectivity index (χ3n) is 3.68. The topological polar surface area (TPSA) is 33.5 Å². The van der Waals surface area contributed by atoms with Crippen molar-refractivity contribution in [2.75, 3.05) is 40.9 Å². The summed E-state index contributed by atoms with van der Waals surface area (Å²) < 4.78 is 7.31. The van der Waals surface area contributed by atoms with E-state index >= 15 is 0 Å². The molecule has 1 atom stereocenters. The molecule has 1 fully saturated rings. The average Bonchev–Trinajstić information content (AvgIpc) is 2.96. The first-order valence-electron chi connectivity index (χ1n) is 6.58. The summed E-state index contributed by atoms with van der Waals surface area (Å²) in [6, 6.07) is 0.687. The Hall–Kier alpha value is -0.910. The molecule has 1 aromatic heterocycles. The first-order chi connectivity index (χ1) is 8.70. The molecule has 0 saturated carbocycles. The van der Waals surface area contributed by atoms with Crippen molar-refractivity contribution < 1.29 is 4.74 Å². The molecule has 2 heterocycles. The van der Waals surface area contributed by atoms with Crippen molar-refractivity contribution in [1.82, 2.24) is 19.4 Å². The Morgan fingerprint density at radius 2 is 2.33 bits per heavy atom. The van der Waals surface area contributed by atoms with E-state index in [0.717, 1.165) is 32.1 Å². The van der Waals surface area contributed by atoms with Gasteiger partial charge in [-0.1, -0.05) is 0 Å². The van der Waals surface area contributed by atoms with E-state index in [-0.39, 0.29) is 0 Å². The molecule has 0 N–H and O–H groups in total. The number of aromatic nitrogens is 2. The van der Waals surface area contributed by atoms with Crippen LogP contribution in [0.4, 0.5) is 0 Å². The summed E-state index contributed by atoms with van der Waals surface area (Å²) in [6.45, 7) is 4.88. The van der Waals surface area contributed by atoms with Gasteiger partial charge in [0.2, 0.25) is 0 Å². The van der Waals surface area contributed by atoms with Crippen molar-refractivity contribution in [1.29, 1.82) is 0 Å². The molecule has 5 nitrogen and oxygen atoms in total. The number of nitrogens with zero attached hydrogens (tertiary/aromatic N) is 4. The van der Waals surface area contributed by atoms with Crippen LogP contribution in [0.1, 0.15) is 12.2 Å². The highest BCUT2D eigenvalue weighted by Gasteiger charge is 2.24. The van der Waals surface area contributed by atoms with Crippen molar-refractivity contribution in [2.24, 2.45) is 0 Å². The Kier molecular flexibility index (Phi) is 4.74. The molecule has 1 aromatic rings. The van der Waals surface area contributed by atoms with Crippen LogP contribution in [0.2, 0.25) is 0 Å². The van der Waals surface area contributed by atoms with Gasteiger partial charge in [0.1, 0.15) is 5.82 Å². The highest BCUT2D eigenvalue weighted by molar-refractivity contribution is 4.94. The molecule has 0 aliphatic carbocycles. The number of rotatable bonds is 6. The summed E-state index contributed by atoms with van der Waals surface area (Å²) in [5.74, 6) is 1.14. The maximum atomic E-state index is 5.12.